The molecule has 0 bridgehead atoms. The molecule has 1 aromatic carbocycles. The van der Waals surface area contributed by atoms with Crippen molar-refractivity contribution in [3.05, 3.63) is 77.5 Å². The van der Waals surface area contributed by atoms with E-state index in [1.165, 1.54) is 10.4 Å². The molecule has 0 saturated heterocycles. The van der Waals surface area contributed by atoms with Gasteiger partial charge in [-0.2, -0.15) is 0 Å². The second kappa shape index (κ2) is 6.22. The molecule has 0 saturated carbocycles. The second-order valence-corrected chi connectivity index (χ2v) is 5.00. The Kier molecular flexibility index (Phi) is 4.37. The molecule has 0 aliphatic rings. The highest BCUT2D eigenvalue weighted by Crippen LogP contribution is 2.26. The Balaban J connectivity index is 2.22. The average Bonchev–Trinajstić information content (AvgIpc) is 2.92. The van der Waals surface area contributed by atoms with Crippen LogP contribution in [0, 0.1) is 0 Å². The number of allylic oxidation sites excluding steroid dienone is 1. The Morgan fingerprint density at radius 3 is 2.67 bits per heavy atom. The fraction of sp³-hybridized carbons (Fsp3) is 0.125. The van der Waals surface area contributed by atoms with Crippen LogP contribution in [0.5, 0.6) is 0 Å². The quantitative estimate of drug-likeness (QED) is 0.730. The number of thiophene rings is 1. The van der Waals surface area contributed by atoms with Crippen molar-refractivity contribution in [1.82, 2.24) is 0 Å². The number of benzene rings is 1. The van der Waals surface area contributed by atoms with Crippen molar-refractivity contribution in [2.45, 2.75) is 12.5 Å². The zero-order valence-electron chi connectivity index (χ0n) is 10.3. The molecule has 0 fully saturated rings. The third-order valence-corrected chi connectivity index (χ3v) is 3.73. The topological polar surface area (TPSA) is 12.0 Å². The van der Waals surface area contributed by atoms with Gasteiger partial charge < -0.3 is 5.32 Å². The molecule has 0 amide bonds. The summed E-state index contributed by atoms with van der Waals surface area (Å²) in [6.07, 6.45) is 4.74. The average molecular weight is 255 g/mol. The molecule has 2 heteroatoms. The molecular formula is C16H17NS. The summed E-state index contributed by atoms with van der Waals surface area (Å²) in [7, 11) is 0. The summed E-state index contributed by atoms with van der Waals surface area (Å²) in [5, 5.41) is 5.62. The first-order valence-corrected chi connectivity index (χ1v) is 6.84. The third kappa shape index (κ3) is 2.90. The molecule has 1 atom stereocenters. The summed E-state index contributed by atoms with van der Waals surface area (Å²) in [5.74, 6) is 0. The van der Waals surface area contributed by atoms with E-state index in [1.54, 1.807) is 11.3 Å². The molecule has 2 aromatic rings. The van der Waals surface area contributed by atoms with Gasteiger partial charge in [0.15, 0.2) is 0 Å². The molecule has 0 aliphatic carbocycles. The molecule has 0 unspecified atom stereocenters. The lowest BCUT2D eigenvalue weighted by Crippen LogP contribution is -2.07. The Bertz CT molecular complexity index is 514. The van der Waals surface area contributed by atoms with E-state index in [0.717, 1.165) is 12.1 Å². The maximum atomic E-state index is 3.91. The summed E-state index contributed by atoms with van der Waals surface area (Å²) < 4.78 is 0. The monoisotopic (exact) mass is 255 g/mol. The minimum Gasteiger partial charge on any atom is -0.374 e. The Morgan fingerprint density at radius 1 is 1.17 bits per heavy atom. The number of hydrogen-bond donors (Lipinski definition) is 1. The zero-order chi connectivity index (χ0) is 12.8. The van der Waals surface area contributed by atoms with Gasteiger partial charge in [0.1, 0.15) is 0 Å². The van der Waals surface area contributed by atoms with Gasteiger partial charge in [-0.3, -0.25) is 0 Å². The fourth-order valence-corrected chi connectivity index (χ4v) is 2.65. The van der Waals surface area contributed by atoms with Gasteiger partial charge in [-0.05, 0) is 29.5 Å². The Labute approximate surface area is 112 Å². The van der Waals surface area contributed by atoms with Gasteiger partial charge in [0.25, 0.3) is 0 Å². The summed E-state index contributed by atoms with van der Waals surface area (Å²) in [4.78, 5) is 1.28. The van der Waals surface area contributed by atoms with E-state index >= 15 is 0 Å². The maximum absolute atomic E-state index is 3.91. The van der Waals surface area contributed by atoms with E-state index in [-0.39, 0.29) is 6.04 Å². The SMILES string of the molecule is C=CCc1ccccc1N[C@@H](C=C)c1cccs1. The molecule has 18 heavy (non-hydrogen) atoms. The van der Waals surface area contributed by atoms with Crippen molar-refractivity contribution in [2.75, 3.05) is 5.32 Å². The van der Waals surface area contributed by atoms with Gasteiger partial charge >= 0.3 is 0 Å². The van der Waals surface area contributed by atoms with Crippen molar-refractivity contribution >= 4 is 17.0 Å². The largest absolute Gasteiger partial charge is 0.374 e. The van der Waals surface area contributed by atoms with Crippen LogP contribution in [0.4, 0.5) is 5.69 Å². The van der Waals surface area contributed by atoms with Gasteiger partial charge in [-0.15, -0.1) is 24.5 Å². The molecule has 92 valence electrons. The van der Waals surface area contributed by atoms with Gasteiger partial charge in [-0.1, -0.05) is 36.4 Å². The first-order chi connectivity index (χ1) is 8.85. The van der Waals surface area contributed by atoms with Gasteiger partial charge in [-0.25, -0.2) is 0 Å². The summed E-state index contributed by atoms with van der Waals surface area (Å²) >= 11 is 1.74. The molecular weight excluding hydrogens is 238 g/mol. The van der Waals surface area contributed by atoms with E-state index in [1.807, 2.05) is 18.2 Å². The lowest BCUT2D eigenvalue weighted by Gasteiger charge is -2.17. The third-order valence-electron chi connectivity index (χ3n) is 2.78. The van der Waals surface area contributed by atoms with E-state index in [0.29, 0.717) is 0 Å². The van der Waals surface area contributed by atoms with E-state index in [9.17, 15) is 0 Å². The summed E-state index contributed by atoms with van der Waals surface area (Å²) in [6.45, 7) is 7.71. The lowest BCUT2D eigenvalue weighted by molar-refractivity contribution is 1.01. The number of rotatable bonds is 6. The number of nitrogens with one attached hydrogen (secondary N) is 1. The van der Waals surface area contributed by atoms with Crippen LogP contribution >= 0.6 is 11.3 Å². The van der Waals surface area contributed by atoms with E-state index in [4.69, 9.17) is 0 Å². The first kappa shape index (κ1) is 12.7. The molecule has 1 aromatic heterocycles. The first-order valence-electron chi connectivity index (χ1n) is 5.96. The Morgan fingerprint density at radius 2 is 2.00 bits per heavy atom. The molecule has 0 aliphatic heterocycles. The maximum Gasteiger partial charge on any atom is 0.0788 e. The van der Waals surface area contributed by atoms with Crippen LogP contribution in [0.2, 0.25) is 0 Å². The molecule has 0 spiro atoms. The van der Waals surface area contributed by atoms with Crippen LogP contribution in [-0.4, -0.2) is 0 Å². The molecule has 1 heterocycles. The van der Waals surface area contributed by atoms with Crippen LogP contribution in [0.25, 0.3) is 0 Å². The van der Waals surface area contributed by atoms with Crippen molar-refractivity contribution in [3.8, 4) is 0 Å². The Hall–Kier alpha value is -1.80. The summed E-state index contributed by atoms with van der Waals surface area (Å²) in [6, 6.07) is 12.7. The second-order valence-electron chi connectivity index (χ2n) is 4.02. The van der Waals surface area contributed by atoms with Crippen molar-refractivity contribution in [1.29, 1.82) is 0 Å². The highest BCUT2D eigenvalue weighted by Gasteiger charge is 2.09. The highest BCUT2D eigenvalue weighted by atomic mass is 32.1. The van der Waals surface area contributed by atoms with E-state index in [2.05, 4.69) is 54.2 Å². The molecule has 2 rings (SSSR count). The van der Waals surface area contributed by atoms with E-state index < -0.39 is 0 Å². The highest BCUT2D eigenvalue weighted by molar-refractivity contribution is 7.10. The van der Waals surface area contributed by atoms with Crippen LogP contribution in [0.15, 0.2) is 67.1 Å². The van der Waals surface area contributed by atoms with Crippen molar-refractivity contribution < 1.29 is 0 Å². The zero-order valence-corrected chi connectivity index (χ0v) is 11.1. The van der Waals surface area contributed by atoms with Crippen LogP contribution in [-0.2, 0) is 6.42 Å². The van der Waals surface area contributed by atoms with Crippen molar-refractivity contribution in [2.24, 2.45) is 0 Å². The molecule has 1 nitrogen and oxygen atoms in total. The number of para-hydroxylation sites is 1. The fourth-order valence-electron chi connectivity index (χ4n) is 1.88. The normalized spacial score (nSPS) is 11.8. The standard InChI is InChI=1S/C16H17NS/c1-3-8-13-9-5-6-10-15(13)17-14(4-2)16-11-7-12-18-16/h3-7,9-12,14,17H,1-2,8H2/t14-/m0/s1. The van der Waals surface area contributed by atoms with Crippen LogP contribution in [0.3, 0.4) is 0 Å². The number of anilines is 1. The smallest absolute Gasteiger partial charge is 0.0788 e. The minimum atomic E-state index is 0.163. The van der Waals surface area contributed by atoms with Crippen LogP contribution < -0.4 is 5.32 Å². The van der Waals surface area contributed by atoms with Crippen molar-refractivity contribution in [3.63, 3.8) is 0 Å². The minimum absolute atomic E-state index is 0.163. The van der Waals surface area contributed by atoms with Gasteiger partial charge in [0, 0.05) is 10.6 Å². The van der Waals surface area contributed by atoms with Gasteiger partial charge in [0.2, 0.25) is 0 Å². The predicted molar refractivity (Wildman–Crippen MR) is 81.2 cm³/mol. The molecule has 0 radical (unpaired) electrons. The molecule has 1 N–H and O–H groups in total. The summed E-state index contributed by atoms with van der Waals surface area (Å²) in [5.41, 5.74) is 2.41. The van der Waals surface area contributed by atoms with Crippen LogP contribution in [0.1, 0.15) is 16.5 Å². The number of hydrogen-bond acceptors (Lipinski definition) is 2. The predicted octanol–water partition coefficient (Wildman–Crippen LogP) is 4.82. The van der Waals surface area contributed by atoms with Gasteiger partial charge in [0.05, 0.1) is 6.04 Å². The lowest BCUT2D eigenvalue weighted by atomic mass is 10.1.